The summed E-state index contributed by atoms with van der Waals surface area (Å²) in [5, 5.41) is 3.25. The quantitative estimate of drug-likeness (QED) is 0.840. The number of nitrogens with zero attached hydrogens (tertiary/aromatic N) is 1. The Bertz CT molecular complexity index is 633. The van der Waals surface area contributed by atoms with Crippen LogP contribution in [0, 0.1) is 11.8 Å². The summed E-state index contributed by atoms with van der Waals surface area (Å²) < 4.78 is 0. The molecule has 4 nitrogen and oxygen atoms in total. The van der Waals surface area contributed by atoms with Gasteiger partial charge < -0.3 is 10.2 Å². The molecule has 0 radical (unpaired) electrons. The van der Waals surface area contributed by atoms with Crippen molar-refractivity contribution < 1.29 is 9.59 Å². The third-order valence-corrected chi connectivity index (χ3v) is 5.68. The zero-order valence-electron chi connectivity index (χ0n) is 15.7. The minimum atomic E-state index is 0.0359. The van der Waals surface area contributed by atoms with Crippen molar-refractivity contribution in [2.75, 3.05) is 13.1 Å². The lowest BCUT2D eigenvalue weighted by atomic mass is 9.86. The fourth-order valence-electron chi connectivity index (χ4n) is 4.08. The largest absolute Gasteiger partial charge is 0.353 e. The number of hydrogen-bond donors (Lipinski definition) is 1. The SMILES string of the molecule is CC1CCCC(NC(=O)C2CCN(C(=O)/C=C/c3ccccc3)CC2)C1. The van der Waals surface area contributed by atoms with Crippen LogP contribution < -0.4 is 5.32 Å². The van der Waals surface area contributed by atoms with E-state index in [1.165, 1.54) is 12.8 Å². The molecule has 4 heteroatoms. The van der Waals surface area contributed by atoms with Crippen LogP contribution in [0.3, 0.4) is 0 Å². The third kappa shape index (κ3) is 5.20. The average Bonchev–Trinajstić information content (AvgIpc) is 2.67. The van der Waals surface area contributed by atoms with E-state index >= 15 is 0 Å². The lowest BCUT2D eigenvalue weighted by Crippen LogP contribution is -2.46. The highest BCUT2D eigenvalue weighted by Crippen LogP contribution is 2.25. The molecule has 140 valence electrons. The molecule has 1 N–H and O–H groups in total. The number of likely N-dealkylation sites (tertiary alicyclic amines) is 1. The number of benzene rings is 1. The Morgan fingerprint density at radius 1 is 1.08 bits per heavy atom. The van der Waals surface area contributed by atoms with Gasteiger partial charge >= 0.3 is 0 Å². The van der Waals surface area contributed by atoms with Crippen LogP contribution in [-0.2, 0) is 9.59 Å². The maximum Gasteiger partial charge on any atom is 0.246 e. The minimum absolute atomic E-state index is 0.0359. The number of amides is 2. The summed E-state index contributed by atoms with van der Waals surface area (Å²) in [6, 6.07) is 10.2. The first kappa shape index (κ1) is 18.7. The zero-order valence-corrected chi connectivity index (χ0v) is 15.7. The predicted molar refractivity (Wildman–Crippen MR) is 104 cm³/mol. The summed E-state index contributed by atoms with van der Waals surface area (Å²) in [5.74, 6) is 0.990. The lowest BCUT2D eigenvalue weighted by molar-refractivity contribution is -0.132. The minimum Gasteiger partial charge on any atom is -0.353 e. The van der Waals surface area contributed by atoms with Crippen LogP contribution in [0.15, 0.2) is 36.4 Å². The number of carbonyl (C=O) groups is 2. The van der Waals surface area contributed by atoms with Gasteiger partial charge in [0, 0.05) is 31.1 Å². The van der Waals surface area contributed by atoms with Gasteiger partial charge in [0.15, 0.2) is 0 Å². The van der Waals surface area contributed by atoms with Gasteiger partial charge in [-0.15, -0.1) is 0 Å². The molecule has 1 heterocycles. The molecule has 1 saturated carbocycles. The van der Waals surface area contributed by atoms with Gasteiger partial charge in [0.2, 0.25) is 11.8 Å². The molecule has 1 aromatic carbocycles. The molecule has 2 atom stereocenters. The van der Waals surface area contributed by atoms with E-state index in [1.54, 1.807) is 6.08 Å². The molecule has 1 aliphatic heterocycles. The number of rotatable bonds is 4. The Hall–Kier alpha value is -2.10. The fourth-order valence-corrected chi connectivity index (χ4v) is 4.08. The van der Waals surface area contributed by atoms with E-state index in [4.69, 9.17) is 0 Å². The van der Waals surface area contributed by atoms with Gasteiger partial charge in [-0.2, -0.15) is 0 Å². The molecule has 0 aromatic heterocycles. The van der Waals surface area contributed by atoms with Crippen molar-refractivity contribution in [1.82, 2.24) is 10.2 Å². The van der Waals surface area contributed by atoms with Crippen LogP contribution in [-0.4, -0.2) is 35.8 Å². The molecule has 1 saturated heterocycles. The summed E-state index contributed by atoms with van der Waals surface area (Å²) in [6.07, 6.45) is 9.73. The number of hydrogen-bond acceptors (Lipinski definition) is 2. The number of piperidine rings is 1. The molecule has 26 heavy (non-hydrogen) atoms. The second-order valence-corrected chi connectivity index (χ2v) is 7.82. The molecule has 2 amide bonds. The summed E-state index contributed by atoms with van der Waals surface area (Å²) in [4.78, 5) is 26.7. The molecule has 0 bridgehead atoms. The van der Waals surface area contributed by atoms with Crippen LogP contribution in [0.1, 0.15) is 51.0 Å². The highest BCUT2D eigenvalue weighted by Gasteiger charge is 2.29. The summed E-state index contributed by atoms with van der Waals surface area (Å²) in [6.45, 7) is 3.60. The van der Waals surface area contributed by atoms with Crippen LogP contribution in [0.4, 0.5) is 0 Å². The van der Waals surface area contributed by atoms with Gasteiger partial charge in [-0.3, -0.25) is 9.59 Å². The van der Waals surface area contributed by atoms with Gasteiger partial charge in [0.25, 0.3) is 0 Å². The van der Waals surface area contributed by atoms with Crippen LogP contribution in [0.5, 0.6) is 0 Å². The Morgan fingerprint density at radius 3 is 2.50 bits per heavy atom. The normalized spacial score (nSPS) is 24.6. The first-order valence-corrected chi connectivity index (χ1v) is 9.94. The molecule has 0 spiro atoms. The van der Waals surface area contributed by atoms with E-state index in [0.717, 1.165) is 31.2 Å². The highest BCUT2D eigenvalue weighted by atomic mass is 16.2. The van der Waals surface area contributed by atoms with Crippen molar-refractivity contribution in [2.45, 2.75) is 51.5 Å². The lowest BCUT2D eigenvalue weighted by Gasteiger charge is -2.33. The maximum atomic E-state index is 12.5. The zero-order chi connectivity index (χ0) is 18.4. The Kier molecular flexibility index (Phi) is 6.48. The van der Waals surface area contributed by atoms with E-state index < -0.39 is 0 Å². The third-order valence-electron chi connectivity index (χ3n) is 5.68. The van der Waals surface area contributed by atoms with E-state index in [-0.39, 0.29) is 17.7 Å². The maximum absolute atomic E-state index is 12.5. The van der Waals surface area contributed by atoms with E-state index in [2.05, 4.69) is 12.2 Å². The summed E-state index contributed by atoms with van der Waals surface area (Å²) >= 11 is 0. The van der Waals surface area contributed by atoms with Crippen molar-refractivity contribution in [3.8, 4) is 0 Å². The average molecular weight is 354 g/mol. The first-order valence-electron chi connectivity index (χ1n) is 9.94. The number of nitrogens with one attached hydrogen (secondary N) is 1. The summed E-state index contributed by atoms with van der Waals surface area (Å²) in [7, 11) is 0. The van der Waals surface area contributed by atoms with Gasteiger partial charge in [-0.1, -0.05) is 50.1 Å². The van der Waals surface area contributed by atoms with E-state index in [0.29, 0.717) is 25.0 Å². The van der Waals surface area contributed by atoms with Gasteiger partial charge in [0.05, 0.1) is 0 Å². The van der Waals surface area contributed by atoms with E-state index in [1.807, 2.05) is 41.3 Å². The van der Waals surface area contributed by atoms with Gasteiger partial charge in [0.1, 0.15) is 0 Å². The van der Waals surface area contributed by atoms with Crippen LogP contribution in [0.2, 0.25) is 0 Å². The van der Waals surface area contributed by atoms with Gasteiger partial charge in [-0.25, -0.2) is 0 Å². The second kappa shape index (κ2) is 9.02. The molecule has 3 rings (SSSR count). The van der Waals surface area contributed by atoms with E-state index in [9.17, 15) is 9.59 Å². The second-order valence-electron chi connectivity index (χ2n) is 7.82. The Labute approximate surface area is 156 Å². The predicted octanol–water partition coefficient (Wildman–Crippen LogP) is 3.63. The molecule has 1 aromatic rings. The monoisotopic (exact) mass is 354 g/mol. The topological polar surface area (TPSA) is 49.4 Å². The molecule has 2 aliphatic rings. The van der Waals surface area contributed by atoms with Crippen LogP contribution >= 0.6 is 0 Å². The molecular weight excluding hydrogens is 324 g/mol. The van der Waals surface area contributed by atoms with Crippen LogP contribution in [0.25, 0.3) is 6.08 Å². The summed E-state index contributed by atoms with van der Waals surface area (Å²) in [5.41, 5.74) is 1.02. The van der Waals surface area contributed by atoms with Crippen molar-refractivity contribution in [3.63, 3.8) is 0 Å². The van der Waals surface area contributed by atoms with Crippen molar-refractivity contribution in [3.05, 3.63) is 42.0 Å². The number of carbonyl (C=O) groups excluding carboxylic acids is 2. The molecular formula is C22H30N2O2. The smallest absolute Gasteiger partial charge is 0.246 e. The van der Waals surface area contributed by atoms with Gasteiger partial charge in [-0.05, 0) is 43.2 Å². The molecule has 2 unspecified atom stereocenters. The fraction of sp³-hybridized carbons (Fsp3) is 0.545. The Morgan fingerprint density at radius 2 is 1.81 bits per heavy atom. The Balaban J connectivity index is 1.44. The van der Waals surface area contributed by atoms with Crippen molar-refractivity contribution in [2.24, 2.45) is 11.8 Å². The highest BCUT2D eigenvalue weighted by molar-refractivity contribution is 5.92. The molecule has 1 aliphatic carbocycles. The van der Waals surface area contributed by atoms with Crippen molar-refractivity contribution >= 4 is 17.9 Å². The first-order chi connectivity index (χ1) is 12.6. The van der Waals surface area contributed by atoms with Crippen molar-refractivity contribution in [1.29, 1.82) is 0 Å². The molecule has 2 fully saturated rings. The standard InChI is InChI=1S/C22H30N2O2/c1-17-6-5-9-20(16-17)23-22(26)19-12-14-24(15-13-19)21(25)11-10-18-7-3-2-4-8-18/h2-4,7-8,10-11,17,19-20H,5-6,9,12-16H2,1H3,(H,23,26)/b11-10+.